The molecule has 2 unspecified atom stereocenters. The van der Waals surface area contributed by atoms with E-state index in [1.807, 2.05) is 0 Å². The molecule has 8 nitrogen and oxygen atoms in total. The van der Waals surface area contributed by atoms with Gasteiger partial charge in [-0.1, -0.05) is 0 Å². The molecule has 1 saturated heterocycles. The predicted molar refractivity (Wildman–Crippen MR) is 55.7 cm³/mol. The summed E-state index contributed by atoms with van der Waals surface area (Å²) in [5.74, 6) is -1.65. The summed E-state index contributed by atoms with van der Waals surface area (Å²) < 4.78 is 0. The van der Waals surface area contributed by atoms with Crippen LogP contribution < -0.4 is 10.9 Å². The van der Waals surface area contributed by atoms with Crippen LogP contribution in [0.3, 0.4) is 0 Å². The minimum Gasteiger partial charge on any atom is -0.465 e. The third-order valence-electron chi connectivity index (χ3n) is 2.55. The summed E-state index contributed by atoms with van der Waals surface area (Å²) in [6.07, 6.45) is -1.96. The number of nitrogens with zero attached hydrogens (tertiary/aromatic N) is 1. The van der Waals surface area contributed by atoms with Gasteiger partial charge in [-0.2, -0.15) is 0 Å². The standard InChI is InChI=1S/C9H15N3O5/c1-5(13)10-11-8(15)6-2-3-12(9(16)17)4-7(6)14/h6-7,14H,2-4H2,1H3,(H,10,13)(H,11,15)(H,16,17). The Labute approximate surface area is 97.6 Å². The van der Waals surface area contributed by atoms with Gasteiger partial charge in [-0.25, -0.2) is 4.79 Å². The molecule has 0 spiro atoms. The number of aliphatic hydroxyl groups excluding tert-OH is 1. The third kappa shape index (κ3) is 3.59. The van der Waals surface area contributed by atoms with E-state index in [0.717, 1.165) is 4.90 Å². The first-order valence-corrected chi connectivity index (χ1v) is 5.14. The lowest BCUT2D eigenvalue weighted by molar-refractivity contribution is -0.135. The van der Waals surface area contributed by atoms with E-state index in [1.54, 1.807) is 0 Å². The molecule has 0 aromatic carbocycles. The van der Waals surface area contributed by atoms with Gasteiger partial charge < -0.3 is 15.1 Å². The van der Waals surface area contributed by atoms with Gasteiger partial charge in [0.05, 0.1) is 18.6 Å². The van der Waals surface area contributed by atoms with E-state index in [1.165, 1.54) is 6.92 Å². The van der Waals surface area contributed by atoms with Gasteiger partial charge in [0.25, 0.3) is 0 Å². The molecule has 1 fully saturated rings. The Kier molecular flexibility index (Phi) is 4.27. The highest BCUT2D eigenvalue weighted by Gasteiger charge is 2.34. The van der Waals surface area contributed by atoms with Gasteiger partial charge in [-0.05, 0) is 6.42 Å². The average molecular weight is 245 g/mol. The fourth-order valence-electron chi connectivity index (χ4n) is 1.65. The van der Waals surface area contributed by atoms with Gasteiger partial charge in [-0.3, -0.25) is 20.4 Å². The van der Waals surface area contributed by atoms with Crippen molar-refractivity contribution < 1.29 is 24.6 Å². The number of carbonyl (C=O) groups is 3. The van der Waals surface area contributed by atoms with E-state index in [9.17, 15) is 19.5 Å². The summed E-state index contributed by atoms with van der Waals surface area (Å²) in [6.45, 7) is 1.32. The molecule has 1 rings (SSSR count). The monoisotopic (exact) mass is 245 g/mol. The highest BCUT2D eigenvalue weighted by molar-refractivity contribution is 5.83. The Hall–Kier alpha value is -1.83. The van der Waals surface area contributed by atoms with Crippen molar-refractivity contribution in [1.29, 1.82) is 0 Å². The van der Waals surface area contributed by atoms with Crippen LogP contribution >= 0.6 is 0 Å². The van der Waals surface area contributed by atoms with E-state index >= 15 is 0 Å². The average Bonchev–Trinajstić information content (AvgIpc) is 2.25. The lowest BCUT2D eigenvalue weighted by Crippen LogP contribution is -2.53. The number of nitrogens with one attached hydrogen (secondary N) is 2. The number of piperidine rings is 1. The van der Waals surface area contributed by atoms with Gasteiger partial charge >= 0.3 is 6.09 Å². The largest absolute Gasteiger partial charge is 0.465 e. The molecule has 3 amide bonds. The lowest BCUT2D eigenvalue weighted by atomic mass is 9.93. The number of rotatable bonds is 1. The van der Waals surface area contributed by atoms with Gasteiger partial charge in [0.1, 0.15) is 0 Å². The van der Waals surface area contributed by atoms with Crippen LogP contribution in [0.5, 0.6) is 0 Å². The van der Waals surface area contributed by atoms with Crippen LogP contribution in [0.2, 0.25) is 0 Å². The summed E-state index contributed by atoms with van der Waals surface area (Å²) in [7, 11) is 0. The Morgan fingerprint density at radius 3 is 2.41 bits per heavy atom. The zero-order valence-electron chi connectivity index (χ0n) is 9.34. The third-order valence-corrected chi connectivity index (χ3v) is 2.55. The first-order valence-electron chi connectivity index (χ1n) is 5.14. The van der Waals surface area contributed by atoms with Crippen LogP contribution in [0.1, 0.15) is 13.3 Å². The molecule has 1 aliphatic heterocycles. The number of likely N-dealkylation sites (tertiary alicyclic amines) is 1. The Bertz CT molecular complexity index is 333. The molecular formula is C9H15N3O5. The molecule has 8 heteroatoms. The first-order chi connectivity index (χ1) is 7.91. The molecule has 1 aliphatic rings. The maximum Gasteiger partial charge on any atom is 0.407 e. The second kappa shape index (κ2) is 5.48. The molecule has 1 heterocycles. The minimum atomic E-state index is -1.12. The maximum absolute atomic E-state index is 11.5. The van der Waals surface area contributed by atoms with Crippen LogP contribution in [0, 0.1) is 5.92 Å². The number of carbonyl (C=O) groups excluding carboxylic acids is 2. The summed E-state index contributed by atoms with van der Waals surface area (Å²) in [4.78, 5) is 33.8. The Morgan fingerprint density at radius 2 is 1.94 bits per heavy atom. The molecule has 17 heavy (non-hydrogen) atoms. The normalized spacial score (nSPS) is 24.0. The molecule has 4 N–H and O–H groups in total. The number of β-amino-alcohol motifs (C(OH)–C–C–N with tert-alkyl or cyclic N) is 1. The van der Waals surface area contributed by atoms with Crippen molar-refractivity contribution >= 4 is 17.9 Å². The number of hydrogen-bond acceptors (Lipinski definition) is 4. The zero-order chi connectivity index (χ0) is 13.0. The van der Waals surface area contributed by atoms with Crippen LogP contribution in [-0.4, -0.2) is 52.2 Å². The highest BCUT2D eigenvalue weighted by atomic mass is 16.4. The van der Waals surface area contributed by atoms with Gasteiger partial charge in [-0.15, -0.1) is 0 Å². The number of carboxylic acid groups (broad SMARTS) is 1. The van der Waals surface area contributed by atoms with Crippen LogP contribution in [0.15, 0.2) is 0 Å². The molecular weight excluding hydrogens is 230 g/mol. The van der Waals surface area contributed by atoms with E-state index in [0.29, 0.717) is 0 Å². The second-order valence-electron chi connectivity index (χ2n) is 3.86. The van der Waals surface area contributed by atoms with E-state index in [4.69, 9.17) is 5.11 Å². The van der Waals surface area contributed by atoms with E-state index < -0.39 is 29.9 Å². The number of hydrazine groups is 1. The molecule has 0 aromatic rings. The quantitative estimate of drug-likeness (QED) is 0.420. The molecule has 0 aliphatic carbocycles. The van der Waals surface area contributed by atoms with Crippen molar-refractivity contribution in [2.24, 2.45) is 5.92 Å². The fourth-order valence-corrected chi connectivity index (χ4v) is 1.65. The van der Waals surface area contributed by atoms with Crippen LogP contribution in [0.25, 0.3) is 0 Å². The molecule has 2 atom stereocenters. The summed E-state index contributed by atoms with van der Waals surface area (Å²) in [5.41, 5.74) is 4.28. The highest BCUT2D eigenvalue weighted by Crippen LogP contribution is 2.17. The van der Waals surface area contributed by atoms with E-state index in [-0.39, 0.29) is 19.5 Å². The topological polar surface area (TPSA) is 119 Å². The van der Waals surface area contributed by atoms with Crippen LogP contribution in [-0.2, 0) is 9.59 Å². The van der Waals surface area contributed by atoms with Crippen molar-refractivity contribution in [2.45, 2.75) is 19.4 Å². The maximum atomic E-state index is 11.5. The molecule has 0 radical (unpaired) electrons. The van der Waals surface area contributed by atoms with Gasteiger partial charge in [0.2, 0.25) is 11.8 Å². The molecule has 0 bridgehead atoms. The Balaban J connectivity index is 2.48. The smallest absolute Gasteiger partial charge is 0.407 e. The van der Waals surface area contributed by atoms with Crippen molar-refractivity contribution in [3.63, 3.8) is 0 Å². The summed E-state index contributed by atoms with van der Waals surface area (Å²) in [6, 6.07) is 0. The van der Waals surface area contributed by atoms with Crippen molar-refractivity contribution in [3.05, 3.63) is 0 Å². The fraction of sp³-hybridized carbons (Fsp3) is 0.667. The zero-order valence-corrected chi connectivity index (χ0v) is 9.34. The number of hydrogen-bond donors (Lipinski definition) is 4. The van der Waals surface area contributed by atoms with Crippen molar-refractivity contribution in [3.8, 4) is 0 Å². The second-order valence-corrected chi connectivity index (χ2v) is 3.86. The first kappa shape index (κ1) is 13.2. The lowest BCUT2D eigenvalue weighted by Gasteiger charge is -2.33. The molecule has 0 aromatic heterocycles. The number of amides is 3. The summed E-state index contributed by atoms with van der Waals surface area (Å²) in [5, 5.41) is 18.4. The van der Waals surface area contributed by atoms with E-state index in [2.05, 4.69) is 10.9 Å². The summed E-state index contributed by atoms with van der Waals surface area (Å²) >= 11 is 0. The SMILES string of the molecule is CC(=O)NNC(=O)C1CCN(C(=O)O)CC1O. The van der Waals surface area contributed by atoms with Crippen LogP contribution in [0.4, 0.5) is 4.79 Å². The molecule has 0 saturated carbocycles. The van der Waals surface area contributed by atoms with Crippen molar-refractivity contribution in [2.75, 3.05) is 13.1 Å². The van der Waals surface area contributed by atoms with Gasteiger partial charge in [0, 0.05) is 13.5 Å². The molecule has 96 valence electrons. The van der Waals surface area contributed by atoms with Crippen molar-refractivity contribution in [1.82, 2.24) is 15.8 Å². The minimum absolute atomic E-state index is 0.104. The number of aliphatic hydroxyl groups is 1. The predicted octanol–water partition coefficient (Wildman–Crippen LogP) is -1.49. The Morgan fingerprint density at radius 1 is 1.29 bits per heavy atom. The van der Waals surface area contributed by atoms with Gasteiger partial charge in [0.15, 0.2) is 0 Å².